The third-order valence-electron chi connectivity index (χ3n) is 5.70. The van der Waals surface area contributed by atoms with Crippen LogP contribution < -0.4 is 11.1 Å². The number of aromatic carboxylic acids is 1. The Morgan fingerprint density at radius 3 is 2.13 bits per heavy atom. The summed E-state index contributed by atoms with van der Waals surface area (Å²) in [5.74, 6) is -6.23. The smallest absolute Gasteiger partial charge is 0.478 e. The summed E-state index contributed by atoms with van der Waals surface area (Å²) in [4.78, 5) is 46.7. The number of carboxylic acids is 2. The van der Waals surface area contributed by atoms with Crippen molar-refractivity contribution in [2.45, 2.75) is 50.5 Å². The molecule has 2 amide bonds. The first kappa shape index (κ1) is 31.1. The summed E-state index contributed by atoms with van der Waals surface area (Å²) in [6.45, 7) is 0.662. The Morgan fingerprint density at radius 2 is 1.59 bits per heavy atom. The van der Waals surface area contributed by atoms with Crippen LogP contribution in [0.5, 0.6) is 0 Å². The molecule has 2 aromatic carbocycles. The molecule has 14 heteroatoms. The fourth-order valence-corrected chi connectivity index (χ4v) is 3.79. The van der Waals surface area contributed by atoms with Gasteiger partial charge in [0.1, 0.15) is 6.04 Å². The zero-order valence-corrected chi connectivity index (χ0v) is 20.4. The predicted molar refractivity (Wildman–Crippen MR) is 126 cm³/mol. The molecule has 1 fully saturated rings. The number of halogens is 5. The molecule has 1 aliphatic rings. The Bertz CT molecular complexity index is 1190. The number of nitrogens with two attached hydrogens (primary N) is 1. The number of aliphatic carboxylic acids is 1. The molecule has 0 bridgehead atoms. The Kier molecular flexibility index (Phi) is 10.9. The number of rotatable bonds is 8. The van der Waals surface area contributed by atoms with Gasteiger partial charge < -0.3 is 26.2 Å². The van der Waals surface area contributed by atoms with Gasteiger partial charge in [0.05, 0.1) is 5.56 Å². The van der Waals surface area contributed by atoms with Gasteiger partial charge in [0.25, 0.3) is 0 Å². The van der Waals surface area contributed by atoms with Crippen molar-refractivity contribution in [3.8, 4) is 0 Å². The number of carbonyl (C=O) groups is 4. The minimum absolute atomic E-state index is 0.0145. The molecule has 39 heavy (non-hydrogen) atoms. The van der Waals surface area contributed by atoms with E-state index < -0.39 is 41.8 Å². The van der Waals surface area contributed by atoms with E-state index in [9.17, 15) is 36.3 Å². The van der Waals surface area contributed by atoms with Crippen molar-refractivity contribution in [2.75, 3.05) is 6.54 Å². The quantitative estimate of drug-likeness (QED) is 0.363. The molecular weight excluding hydrogens is 533 g/mol. The maximum atomic E-state index is 13.4. The maximum absolute atomic E-state index is 13.4. The van der Waals surface area contributed by atoms with Crippen LogP contribution in [0.2, 0.25) is 0 Å². The minimum atomic E-state index is -5.08. The number of nitrogens with zero attached hydrogens (tertiary/aromatic N) is 1. The number of alkyl halides is 3. The van der Waals surface area contributed by atoms with Crippen LogP contribution in [0.3, 0.4) is 0 Å². The second-order valence-corrected chi connectivity index (χ2v) is 8.68. The summed E-state index contributed by atoms with van der Waals surface area (Å²) >= 11 is 0. The molecule has 1 unspecified atom stereocenters. The van der Waals surface area contributed by atoms with Gasteiger partial charge in [-0.25, -0.2) is 18.4 Å². The van der Waals surface area contributed by atoms with E-state index in [0.717, 1.165) is 17.7 Å². The van der Waals surface area contributed by atoms with Crippen LogP contribution >= 0.6 is 0 Å². The lowest BCUT2D eigenvalue weighted by Crippen LogP contribution is -2.47. The molecule has 1 saturated heterocycles. The van der Waals surface area contributed by atoms with Crippen LogP contribution in [0, 0.1) is 11.6 Å². The van der Waals surface area contributed by atoms with Crippen molar-refractivity contribution in [3.05, 3.63) is 70.8 Å². The third-order valence-corrected chi connectivity index (χ3v) is 5.70. The van der Waals surface area contributed by atoms with Crippen LogP contribution in [0.15, 0.2) is 42.5 Å². The molecule has 212 valence electrons. The van der Waals surface area contributed by atoms with Crippen molar-refractivity contribution in [1.82, 2.24) is 10.2 Å². The summed E-state index contributed by atoms with van der Waals surface area (Å²) in [5.41, 5.74) is 7.44. The summed E-state index contributed by atoms with van der Waals surface area (Å²) < 4.78 is 58.2. The number of likely N-dealkylation sites (tertiary alicyclic amines) is 1. The van der Waals surface area contributed by atoms with Gasteiger partial charge >= 0.3 is 18.1 Å². The van der Waals surface area contributed by atoms with Crippen molar-refractivity contribution in [3.63, 3.8) is 0 Å². The third kappa shape index (κ3) is 9.63. The van der Waals surface area contributed by atoms with Crippen LogP contribution in [-0.2, 0) is 27.3 Å². The van der Waals surface area contributed by atoms with Gasteiger partial charge in [0.15, 0.2) is 11.6 Å². The molecule has 0 aliphatic carbocycles. The van der Waals surface area contributed by atoms with Crippen molar-refractivity contribution >= 4 is 23.8 Å². The van der Waals surface area contributed by atoms with E-state index in [2.05, 4.69) is 5.32 Å². The van der Waals surface area contributed by atoms with Crippen molar-refractivity contribution in [2.24, 2.45) is 5.73 Å². The van der Waals surface area contributed by atoms with Gasteiger partial charge in [-0.15, -0.1) is 0 Å². The molecule has 2 atom stereocenters. The second kappa shape index (κ2) is 13.6. The van der Waals surface area contributed by atoms with Crippen LogP contribution in [0.1, 0.15) is 40.7 Å². The molecule has 1 heterocycles. The molecule has 0 radical (unpaired) electrons. The predicted octanol–water partition coefficient (Wildman–Crippen LogP) is 2.86. The lowest BCUT2D eigenvalue weighted by Gasteiger charge is -2.25. The Hall–Kier alpha value is -4.07. The molecular formula is C25H26F5N3O6. The molecule has 5 N–H and O–H groups in total. The Balaban J connectivity index is 0.000000673. The fourth-order valence-electron chi connectivity index (χ4n) is 3.79. The van der Waals surface area contributed by atoms with Crippen LogP contribution in [0.25, 0.3) is 0 Å². The molecule has 0 spiro atoms. The van der Waals surface area contributed by atoms with Gasteiger partial charge in [-0.1, -0.05) is 18.2 Å². The number of amides is 2. The number of hydrogen-bond donors (Lipinski definition) is 4. The van der Waals surface area contributed by atoms with Crippen LogP contribution in [-0.4, -0.2) is 63.7 Å². The van der Waals surface area contributed by atoms with E-state index in [1.807, 2.05) is 0 Å². The fraction of sp³-hybridized carbons (Fsp3) is 0.360. The summed E-state index contributed by atoms with van der Waals surface area (Å²) in [6, 6.07) is 8.49. The average molecular weight is 559 g/mol. The number of benzene rings is 2. The van der Waals surface area contributed by atoms with Crippen LogP contribution in [0.4, 0.5) is 22.0 Å². The minimum Gasteiger partial charge on any atom is -0.478 e. The highest BCUT2D eigenvalue weighted by atomic mass is 19.4. The van der Waals surface area contributed by atoms with Gasteiger partial charge in [0.2, 0.25) is 11.8 Å². The second-order valence-electron chi connectivity index (χ2n) is 8.68. The van der Waals surface area contributed by atoms with E-state index in [4.69, 9.17) is 20.7 Å². The molecule has 9 nitrogen and oxygen atoms in total. The Morgan fingerprint density at radius 1 is 1.00 bits per heavy atom. The first-order valence-electron chi connectivity index (χ1n) is 11.6. The standard InChI is InChI=1S/C23H25F2N3O4.C2HF3O2/c24-18-8-5-15(11-19(18)25)10-17(26)12-21(29)28-9-1-2-20(28)22(30)27-13-14-3-6-16(7-4-14)23(31)32;3-2(4,5)1(6)7/h3-8,11,17,20H,1-2,9-10,12-13,26H2,(H,27,30)(H,31,32);(H,6,7)/t17?,20-;/m0./s1. The van der Waals surface area contributed by atoms with E-state index in [0.29, 0.717) is 24.9 Å². The Labute approximate surface area is 219 Å². The van der Waals surface area contributed by atoms with E-state index in [-0.39, 0.29) is 36.8 Å². The molecule has 3 rings (SSSR count). The van der Waals surface area contributed by atoms with E-state index in [1.165, 1.54) is 23.1 Å². The molecule has 0 saturated carbocycles. The number of hydrogen-bond acceptors (Lipinski definition) is 5. The lowest BCUT2D eigenvalue weighted by atomic mass is 10.0. The number of carbonyl (C=O) groups excluding carboxylic acids is 2. The number of carboxylic acid groups (broad SMARTS) is 2. The summed E-state index contributed by atoms with van der Waals surface area (Å²) in [5, 5.41) is 18.9. The first-order valence-corrected chi connectivity index (χ1v) is 11.6. The van der Waals surface area contributed by atoms with Gasteiger partial charge in [-0.2, -0.15) is 13.2 Å². The lowest BCUT2D eigenvalue weighted by molar-refractivity contribution is -0.192. The largest absolute Gasteiger partial charge is 0.490 e. The SMILES string of the molecule is NC(CC(=O)N1CCC[C@H]1C(=O)NCc1ccc(C(=O)O)cc1)Cc1ccc(F)c(F)c1.O=C(O)C(F)(F)F. The van der Waals surface area contributed by atoms with Gasteiger partial charge in [0, 0.05) is 25.6 Å². The highest BCUT2D eigenvalue weighted by Gasteiger charge is 2.38. The summed E-state index contributed by atoms with van der Waals surface area (Å²) in [6.07, 6.45) is -3.66. The zero-order chi connectivity index (χ0) is 29.3. The number of nitrogens with one attached hydrogen (secondary N) is 1. The first-order chi connectivity index (χ1) is 18.2. The molecule has 2 aromatic rings. The van der Waals surface area contributed by atoms with Gasteiger partial charge in [-0.3, -0.25) is 9.59 Å². The van der Waals surface area contributed by atoms with Gasteiger partial charge in [-0.05, 0) is 54.7 Å². The van der Waals surface area contributed by atoms with E-state index >= 15 is 0 Å². The average Bonchev–Trinajstić information content (AvgIpc) is 3.35. The van der Waals surface area contributed by atoms with Crippen molar-refractivity contribution < 1.29 is 51.3 Å². The van der Waals surface area contributed by atoms with Crippen molar-refractivity contribution in [1.29, 1.82) is 0 Å². The maximum Gasteiger partial charge on any atom is 0.490 e. The highest BCUT2D eigenvalue weighted by molar-refractivity contribution is 5.89. The monoisotopic (exact) mass is 559 g/mol. The normalized spacial score (nSPS) is 15.6. The molecule has 0 aromatic heterocycles. The highest BCUT2D eigenvalue weighted by Crippen LogP contribution is 2.20. The van der Waals surface area contributed by atoms with E-state index in [1.54, 1.807) is 12.1 Å². The summed E-state index contributed by atoms with van der Waals surface area (Å²) in [7, 11) is 0. The topological polar surface area (TPSA) is 150 Å². The molecule has 1 aliphatic heterocycles. The zero-order valence-electron chi connectivity index (χ0n) is 20.4.